The molecule has 0 unspecified atom stereocenters. The number of nitrogens with zero attached hydrogens (tertiary/aromatic N) is 2. The van der Waals surface area contributed by atoms with Gasteiger partial charge in [-0.3, -0.25) is 19.4 Å². The molecule has 0 aromatic heterocycles. The molecule has 6 heteroatoms. The summed E-state index contributed by atoms with van der Waals surface area (Å²) in [4.78, 5) is 29.1. The first-order valence-corrected chi connectivity index (χ1v) is 10.4. The second kappa shape index (κ2) is 12.1. The van der Waals surface area contributed by atoms with Gasteiger partial charge >= 0.3 is 0 Å². The van der Waals surface area contributed by atoms with Crippen molar-refractivity contribution >= 4 is 11.8 Å². The van der Waals surface area contributed by atoms with Gasteiger partial charge in [0.15, 0.2) is 0 Å². The van der Waals surface area contributed by atoms with Crippen molar-refractivity contribution in [3.8, 4) is 0 Å². The Hall–Kier alpha value is -2.70. The molecule has 2 aromatic carbocycles. The Kier molecular flexibility index (Phi) is 9.51. The largest absolute Gasteiger partial charge is 0.358 e. The molecule has 0 radical (unpaired) electrons. The third-order valence-corrected chi connectivity index (χ3v) is 5.51. The number of nitrogens with one attached hydrogen (secondary N) is 2. The average Bonchev–Trinajstić information content (AvgIpc) is 2.79. The van der Waals surface area contributed by atoms with E-state index in [2.05, 4.69) is 20.4 Å². The number of hydrogen-bond acceptors (Lipinski definition) is 4. The van der Waals surface area contributed by atoms with Crippen LogP contribution in [0.5, 0.6) is 0 Å². The highest BCUT2D eigenvalue weighted by molar-refractivity contribution is 5.82. The van der Waals surface area contributed by atoms with E-state index in [9.17, 15) is 9.59 Å². The minimum atomic E-state index is -0.265. The predicted octanol–water partition coefficient (Wildman–Crippen LogP) is 1.56. The van der Waals surface area contributed by atoms with E-state index in [0.29, 0.717) is 25.9 Å². The molecule has 2 amide bonds. The van der Waals surface area contributed by atoms with Crippen LogP contribution in [0, 0.1) is 0 Å². The first-order chi connectivity index (χ1) is 14.5. The second-order valence-corrected chi connectivity index (χ2v) is 7.60. The summed E-state index contributed by atoms with van der Waals surface area (Å²) in [7, 11) is 7.26. The first kappa shape index (κ1) is 23.6. The minimum absolute atomic E-state index is 0.00357. The molecule has 0 bridgehead atoms. The Balaban J connectivity index is 2.02. The van der Waals surface area contributed by atoms with Crippen molar-refractivity contribution in [2.75, 3.05) is 41.3 Å². The summed E-state index contributed by atoms with van der Waals surface area (Å²) in [5, 5.41) is 5.56. The highest BCUT2D eigenvalue weighted by atomic mass is 16.2. The van der Waals surface area contributed by atoms with Gasteiger partial charge < -0.3 is 10.6 Å². The Morgan fingerprint density at radius 2 is 1.03 bits per heavy atom. The lowest BCUT2D eigenvalue weighted by atomic mass is 10.0. The van der Waals surface area contributed by atoms with Crippen molar-refractivity contribution < 1.29 is 9.59 Å². The summed E-state index contributed by atoms with van der Waals surface area (Å²) >= 11 is 0. The van der Waals surface area contributed by atoms with Crippen molar-refractivity contribution in [3.63, 3.8) is 0 Å². The summed E-state index contributed by atoms with van der Waals surface area (Å²) < 4.78 is 0. The molecule has 2 aromatic rings. The number of benzene rings is 2. The van der Waals surface area contributed by atoms with Gasteiger partial charge in [0.05, 0.1) is 12.1 Å². The van der Waals surface area contributed by atoms with Gasteiger partial charge in [0.1, 0.15) is 0 Å². The van der Waals surface area contributed by atoms with E-state index >= 15 is 0 Å². The second-order valence-electron chi connectivity index (χ2n) is 7.60. The van der Waals surface area contributed by atoms with E-state index < -0.39 is 0 Å². The van der Waals surface area contributed by atoms with Gasteiger partial charge in [-0.1, -0.05) is 60.7 Å². The zero-order chi connectivity index (χ0) is 21.9. The van der Waals surface area contributed by atoms with Gasteiger partial charge in [-0.25, -0.2) is 0 Å². The molecule has 0 aliphatic rings. The quantitative estimate of drug-likeness (QED) is 0.590. The Morgan fingerprint density at radius 1 is 0.700 bits per heavy atom. The smallest absolute Gasteiger partial charge is 0.237 e. The number of likely N-dealkylation sites (N-methyl/N-ethyl adjacent to an activating group) is 4. The van der Waals surface area contributed by atoms with Crippen LogP contribution in [-0.4, -0.2) is 75.0 Å². The van der Waals surface area contributed by atoms with Gasteiger partial charge in [-0.05, 0) is 38.1 Å². The van der Waals surface area contributed by atoms with Crippen LogP contribution in [-0.2, 0) is 22.4 Å². The van der Waals surface area contributed by atoms with Crippen LogP contribution in [0.1, 0.15) is 11.1 Å². The van der Waals surface area contributed by atoms with Crippen molar-refractivity contribution in [3.05, 3.63) is 71.8 Å². The molecule has 0 spiro atoms. The molecule has 6 nitrogen and oxygen atoms in total. The van der Waals surface area contributed by atoms with Crippen molar-refractivity contribution in [2.24, 2.45) is 0 Å². The maximum Gasteiger partial charge on any atom is 0.237 e. The zero-order valence-corrected chi connectivity index (χ0v) is 18.5. The summed E-state index contributed by atoms with van der Waals surface area (Å²) in [5.41, 5.74) is 2.25. The Morgan fingerprint density at radius 3 is 1.33 bits per heavy atom. The van der Waals surface area contributed by atoms with E-state index in [1.165, 1.54) is 0 Å². The third-order valence-electron chi connectivity index (χ3n) is 5.51. The number of carbonyl (C=O) groups is 2. The summed E-state index contributed by atoms with van der Waals surface area (Å²) in [6.07, 6.45) is 1.28. The van der Waals surface area contributed by atoms with Crippen LogP contribution >= 0.6 is 0 Å². The fourth-order valence-electron chi connectivity index (χ4n) is 3.53. The molecule has 30 heavy (non-hydrogen) atoms. The van der Waals surface area contributed by atoms with Gasteiger partial charge in [0, 0.05) is 27.2 Å². The molecule has 162 valence electrons. The van der Waals surface area contributed by atoms with Gasteiger partial charge in [0.25, 0.3) is 0 Å². The van der Waals surface area contributed by atoms with Crippen LogP contribution in [0.2, 0.25) is 0 Å². The maximum atomic E-state index is 12.5. The van der Waals surface area contributed by atoms with Crippen LogP contribution in [0.15, 0.2) is 60.7 Å². The topological polar surface area (TPSA) is 64.7 Å². The molecule has 0 aliphatic heterocycles. The SMILES string of the molecule is CNC(=O)[C@H](Cc1ccccc1)N(C)CCN(C)[C@@H](Cc1ccccc1)C(=O)NC. The standard InChI is InChI=1S/C24H34N4O2/c1-25-23(29)21(17-19-11-7-5-8-12-19)27(3)15-16-28(4)22(24(30)26-2)18-20-13-9-6-10-14-20/h5-14,21-22H,15-18H2,1-4H3,(H,25,29)(H,26,30)/t21-,22-/m0/s1. The van der Waals surface area contributed by atoms with Crippen molar-refractivity contribution in [1.29, 1.82) is 0 Å². The Labute approximate surface area is 180 Å². The highest BCUT2D eigenvalue weighted by Gasteiger charge is 2.26. The third kappa shape index (κ3) is 6.97. The number of hydrogen-bond donors (Lipinski definition) is 2. The van der Waals surface area contributed by atoms with Crippen molar-refractivity contribution in [2.45, 2.75) is 24.9 Å². The number of rotatable bonds is 11. The van der Waals surface area contributed by atoms with E-state index in [0.717, 1.165) is 11.1 Å². The first-order valence-electron chi connectivity index (χ1n) is 10.4. The lowest BCUT2D eigenvalue weighted by molar-refractivity contribution is -0.127. The van der Waals surface area contributed by atoms with Gasteiger partial charge in [-0.2, -0.15) is 0 Å². The fraction of sp³-hybridized carbons (Fsp3) is 0.417. The van der Waals surface area contributed by atoms with E-state index in [1.807, 2.05) is 74.8 Å². The highest BCUT2D eigenvalue weighted by Crippen LogP contribution is 2.11. The number of amides is 2. The summed E-state index contributed by atoms with van der Waals surface area (Å²) in [6, 6.07) is 19.5. The van der Waals surface area contributed by atoms with Crippen molar-refractivity contribution in [1.82, 2.24) is 20.4 Å². The average molecular weight is 411 g/mol. The molecular weight excluding hydrogens is 376 g/mol. The van der Waals surface area contributed by atoms with Crippen LogP contribution < -0.4 is 10.6 Å². The summed E-state index contributed by atoms with van der Waals surface area (Å²) in [6.45, 7) is 1.34. The predicted molar refractivity (Wildman–Crippen MR) is 121 cm³/mol. The molecule has 0 fully saturated rings. The monoisotopic (exact) mass is 410 g/mol. The zero-order valence-electron chi connectivity index (χ0n) is 18.5. The summed E-state index contributed by atoms with van der Waals surface area (Å²) in [5.74, 6) is -0.00714. The molecular formula is C24H34N4O2. The molecule has 0 aliphatic carbocycles. The molecule has 0 saturated heterocycles. The van der Waals surface area contributed by atoms with Crippen LogP contribution in [0.3, 0.4) is 0 Å². The molecule has 2 N–H and O–H groups in total. The molecule has 2 atom stereocenters. The van der Waals surface area contributed by atoms with E-state index in [4.69, 9.17) is 0 Å². The Bertz CT molecular complexity index is 715. The van der Waals surface area contributed by atoms with Crippen LogP contribution in [0.25, 0.3) is 0 Å². The van der Waals surface area contributed by atoms with E-state index in [-0.39, 0.29) is 23.9 Å². The van der Waals surface area contributed by atoms with Gasteiger partial charge in [-0.15, -0.1) is 0 Å². The van der Waals surface area contributed by atoms with Crippen LogP contribution in [0.4, 0.5) is 0 Å². The normalized spacial score (nSPS) is 13.1. The molecule has 0 saturated carbocycles. The fourth-order valence-corrected chi connectivity index (χ4v) is 3.53. The lowest BCUT2D eigenvalue weighted by Crippen LogP contribution is -2.51. The lowest BCUT2D eigenvalue weighted by Gasteiger charge is -2.31. The van der Waals surface area contributed by atoms with E-state index in [1.54, 1.807) is 14.1 Å². The maximum absolute atomic E-state index is 12.5. The number of carbonyl (C=O) groups excluding carboxylic acids is 2. The molecule has 0 heterocycles. The minimum Gasteiger partial charge on any atom is -0.358 e. The molecule has 2 rings (SSSR count). The van der Waals surface area contributed by atoms with Gasteiger partial charge in [0.2, 0.25) is 11.8 Å².